The number of ether oxygens (including phenoxy) is 4. The number of aryl methyl sites for hydroxylation is 1. The lowest BCUT2D eigenvalue weighted by Crippen LogP contribution is -2.52. The molecule has 0 saturated heterocycles. The maximum Gasteiger partial charge on any atom is 0.251 e. The molecular weight excluding hydrogens is 587 g/mol. The van der Waals surface area contributed by atoms with Crippen LogP contribution in [-0.2, 0) is 22.7 Å². The molecular formula is C37H41FN2O6. The molecule has 242 valence electrons. The molecule has 0 saturated carbocycles. The van der Waals surface area contributed by atoms with Gasteiger partial charge in [-0.2, -0.15) is 0 Å². The van der Waals surface area contributed by atoms with Gasteiger partial charge in [-0.15, -0.1) is 0 Å². The molecule has 1 aliphatic rings. The van der Waals surface area contributed by atoms with Gasteiger partial charge in [0, 0.05) is 43.3 Å². The third-order valence-corrected chi connectivity index (χ3v) is 8.04. The van der Waals surface area contributed by atoms with Crippen LogP contribution in [0.3, 0.4) is 0 Å². The summed E-state index contributed by atoms with van der Waals surface area (Å²) in [6, 6.07) is 23.7. The van der Waals surface area contributed by atoms with E-state index in [4.69, 9.17) is 18.9 Å². The second kappa shape index (κ2) is 14.2. The highest BCUT2D eigenvalue weighted by molar-refractivity contribution is 6.08. The van der Waals surface area contributed by atoms with Gasteiger partial charge in [0.15, 0.2) is 0 Å². The number of anilines is 2. The second-order valence-electron chi connectivity index (χ2n) is 12.0. The number of amides is 1. The van der Waals surface area contributed by atoms with Crippen molar-refractivity contribution in [3.8, 4) is 28.4 Å². The predicted octanol–water partition coefficient (Wildman–Crippen LogP) is 6.90. The number of carbonyl (C=O) groups excluding carboxylic acids is 1. The summed E-state index contributed by atoms with van der Waals surface area (Å²) in [6.07, 6.45) is -0.274. The molecule has 46 heavy (non-hydrogen) atoms. The van der Waals surface area contributed by atoms with E-state index in [2.05, 4.69) is 5.32 Å². The van der Waals surface area contributed by atoms with E-state index in [0.29, 0.717) is 42.6 Å². The highest BCUT2D eigenvalue weighted by Crippen LogP contribution is 2.45. The van der Waals surface area contributed by atoms with Gasteiger partial charge in [0.1, 0.15) is 41.8 Å². The Labute approximate surface area is 269 Å². The Morgan fingerprint density at radius 2 is 1.70 bits per heavy atom. The number of rotatable bonds is 13. The molecule has 4 aromatic carbocycles. The number of likely N-dealkylation sites (N-methyl/N-ethyl adjacent to an activating group) is 1. The Morgan fingerprint density at radius 1 is 0.935 bits per heavy atom. The lowest BCUT2D eigenvalue weighted by Gasteiger charge is -2.39. The number of hydrogen-bond donors (Lipinski definition) is 2. The van der Waals surface area contributed by atoms with Gasteiger partial charge in [-0.3, -0.25) is 4.79 Å². The lowest BCUT2D eigenvalue weighted by molar-refractivity contribution is -0.121. The third kappa shape index (κ3) is 7.43. The molecule has 0 aromatic heterocycles. The summed E-state index contributed by atoms with van der Waals surface area (Å²) in [5, 5.41) is 13.8. The van der Waals surface area contributed by atoms with E-state index in [1.165, 1.54) is 12.1 Å². The summed E-state index contributed by atoms with van der Waals surface area (Å²) in [7, 11) is 3.32. The number of nitrogens with one attached hydrogen (secondary N) is 1. The Kier molecular flexibility index (Phi) is 10.1. The number of benzene rings is 4. The van der Waals surface area contributed by atoms with Crippen molar-refractivity contribution in [3.63, 3.8) is 0 Å². The van der Waals surface area contributed by atoms with Crippen molar-refractivity contribution in [3.05, 3.63) is 101 Å². The number of hydrogen-bond acceptors (Lipinski definition) is 7. The molecule has 1 heterocycles. The van der Waals surface area contributed by atoms with Crippen molar-refractivity contribution in [1.82, 2.24) is 0 Å². The Morgan fingerprint density at radius 3 is 2.46 bits per heavy atom. The second-order valence-corrected chi connectivity index (χ2v) is 12.0. The van der Waals surface area contributed by atoms with Crippen molar-refractivity contribution in [1.29, 1.82) is 0 Å². The van der Waals surface area contributed by atoms with E-state index in [1.807, 2.05) is 75.4 Å². The molecule has 5 rings (SSSR count). The van der Waals surface area contributed by atoms with E-state index in [-0.39, 0.29) is 19.1 Å². The summed E-state index contributed by atoms with van der Waals surface area (Å²) in [5.74, 6) is 1.00. The van der Waals surface area contributed by atoms with E-state index < -0.39 is 17.5 Å². The molecule has 0 bridgehead atoms. The van der Waals surface area contributed by atoms with Gasteiger partial charge >= 0.3 is 0 Å². The van der Waals surface area contributed by atoms with Crippen molar-refractivity contribution in [2.75, 3.05) is 37.6 Å². The first-order valence-electron chi connectivity index (χ1n) is 15.3. The zero-order valence-corrected chi connectivity index (χ0v) is 26.9. The highest BCUT2D eigenvalue weighted by Gasteiger charge is 2.38. The van der Waals surface area contributed by atoms with Crippen molar-refractivity contribution < 1.29 is 33.2 Å². The minimum atomic E-state index is -0.796. The maximum atomic E-state index is 14.1. The summed E-state index contributed by atoms with van der Waals surface area (Å²) >= 11 is 0. The maximum absolute atomic E-state index is 14.1. The van der Waals surface area contributed by atoms with E-state index >= 15 is 0 Å². The largest absolute Gasteiger partial charge is 0.496 e. The lowest BCUT2D eigenvalue weighted by atomic mass is 9.91. The summed E-state index contributed by atoms with van der Waals surface area (Å²) in [6.45, 7) is 6.59. The summed E-state index contributed by atoms with van der Waals surface area (Å²) < 4.78 is 37.7. The van der Waals surface area contributed by atoms with Crippen LogP contribution in [0.25, 0.3) is 11.1 Å². The van der Waals surface area contributed by atoms with Gasteiger partial charge in [-0.1, -0.05) is 42.5 Å². The zero-order chi connectivity index (χ0) is 32.8. The number of halogens is 1. The third-order valence-electron chi connectivity index (χ3n) is 8.04. The molecule has 1 aliphatic heterocycles. The number of methoxy groups -OCH3 is 1. The fraction of sp³-hybridized carbons (Fsp3) is 0.324. The monoisotopic (exact) mass is 628 g/mol. The molecule has 2 N–H and O–H groups in total. The van der Waals surface area contributed by atoms with Crippen LogP contribution >= 0.6 is 0 Å². The molecule has 0 aliphatic carbocycles. The van der Waals surface area contributed by atoms with Crippen LogP contribution in [0, 0.1) is 12.7 Å². The van der Waals surface area contributed by atoms with Crippen LogP contribution in [0.4, 0.5) is 15.8 Å². The standard InChI is InChI=1S/C37H41FN2O6/c1-24-11-12-26(38)19-33(24)46-23-31-29(15-16-32-35(31)40(4)36(42)37(2,3)39-32)30-14-13-28(20-34(30)43-5)45-22-27(41)17-18-44-21-25-9-7-6-8-10-25/h6-16,19-20,27,39,41H,17-18,21-23H2,1-5H3. The number of carbonyl (C=O) groups is 1. The van der Waals surface area contributed by atoms with E-state index in [1.54, 1.807) is 31.2 Å². The molecule has 1 amide bonds. The summed E-state index contributed by atoms with van der Waals surface area (Å²) in [4.78, 5) is 15.0. The molecule has 4 aromatic rings. The number of aliphatic hydroxyl groups is 1. The first-order valence-corrected chi connectivity index (χ1v) is 15.3. The fourth-order valence-electron chi connectivity index (χ4n) is 5.55. The predicted molar refractivity (Wildman–Crippen MR) is 177 cm³/mol. The minimum Gasteiger partial charge on any atom is -0.496 e. The molecule has 0 radical (unpaired) electrons. The summed E-state index contributed by atoms with van der Waals surface area (Å²) in [5.41, 5.74) is 4.81. The van der Waals surface area contributed by atoms with Crippen LogP contribution in [-0.4, -0.2) is 50.0 Å². The highest BCUT2D eigenvalue weighted by atomic mass is 19.1. The quantitative estimate of drug-likeness (QED) is 0.156. The molecule has 0 spiro atoms. The Balaban J connectivity index is 1.36. The average molecular weight is 629 g/mol. The van der Waals surface area contributed by atoms with Crippen LogP contribution in [0.15, 0.2) is 78.9 Å². The number of fused-ring (bicyclic) bond motifs is 1. The first kappa shape index (κ1) is 32.8. The van der Waals surface area contributed by atoms with E-state index in [0.717, 1.165) is 33.5 Å². The van der Waals surface area contributed by atoms with Gasteiger partial charge in [0.2, 0.25) is 0 Å². The van der Waals surface area contributed by atoms with Gasteiger partial charge in [-0.25, -0.2) is 4.39 Å². The van der Waals surface area contributed by atoms with Crippen LogP contribution in [0.1, 0.15) is 37.0 Å². The normalized spacial score (nSPS) is 14.3. The average Bonchev–Trinajstić information content (AvgIpc) is 3.05. The molecule has 1 atom stereocenters. The van der Waals surface area contributed by atoms with Crippen molar-refractivity contribution >= 4 is 17.3 Å². The SMILES string of the molecule is COc1cc(OCC(O)CCOCc2ccccc2)ccc1-c1ccc2c(c1COc1cc(F)ccc1C)N(C)C(=O)C(C)(C)N2. The van der Waals surface area contributed by atoms with Crippen molar-refractivity contribution in [2.45, 2.75) is 52.0 Å². The number of aliphatic hydroxyl groups excluding tert-OH is 1. The first-order chi connectivity index (χ1) is 22.1. The molecule has 0 fully saturated rings. The topological polar surface area (TPSA) is 89.5 Å². The van der Waals surface area contributed by atoms with Crippen LogP contribution < -0.4 is 24.4 Å². The van der Waals surface area contributed by atoms with Gasteiger partial charge in [0.05, 0.1) is 31.2 Å². The molecule has 8 nitrogen and oxygen atoms in total. The Bertz CT molecular complexity index is 1680. The van der Waals surface area contributed by atoms with Crippen LogP contribution in [0.5, 0.6) is 17.2 Å². The van der Waals surface area contributed by atoms with Crippen LogP contribution in [0.2, 0.25) is 0 Å². The molecule has 9 heteroatoms. The van der Waals surface area contributed by atoms with Gasteiger partial charge < -0.3 is 34.3 Å². The smallest absolute Gasteiger partial charge is 0.251 e. The van der Waals surface area contributed by atoms with Crippen molar-refractivity contribution in [2.24, 2.45) is 0 Å². The van der Waals surface area contributed by atoms with Gasteiger partial charge in [-0.05, 0) is 61.7 Å². The Hall–Kier alpha value is -4.60. The minimum absolute atomic E-state index is 0.0719. The molecule has 1 unspecified atom stereocenters. The fourth-order valence-corrected chi connectivity index (χ4v) is 5.55. The zero-order valence-electron chi connectivity index (χ0n) is 26.9. The van der Waals surface area contributed by atoms with Gasteiger partial charge in [0.25, 0.3) is 5.91 Å². The van der Waals surface area contributed by atoms with E-state index in [9.17, 15) is 14.3 Å². The number of nitrogens with zero attached hydrogens (tertiary/aromatic N) is 1.